The Bertz CT molecular complexity index is 297. The molecule has 0 bridgehead atoms. The van der Waals surface area contributed by atoms with E-state index in [0.29, 0.717) is 5.75 Å². The zero-order valence-electron chi connectivity index (χ0n) is 8.06. The van der Waals surface area contributed by atoms with E-state index in [1.807, 2.05) is 12.1 Å². The number of rotatable bonds is 2. The summed E-state index contributed by atoms with van der Waals surface area (Å²) in [5.41, 5.74) is 1.18. The van der Waals surface area contributed by atoms with Crippen molar-refractivity contribution in [3.63, 3.8) is 0 Å². The van der Waals surface area contributed by atoms with Crippen LogP contribution in [0.25, 0.3) is 0 Å². The van der Waals surface area contributed by atoms with Gasteiger partial charge in [0.25, 0.3) is 0 Å². The van der Waals surface area contributed by atoms with E-state index in [1.54, 1.807) is 12.1 Å². The van der Waals surface area contributed by atoms with Gasteiger partial charge < -0.3 is 10.2 Å². The van der Waals surface area contributed by atoms with Crippen molar-refractivity contribution in [1.82, 2.24) is 4.90 Å². The van der Waals surface area contributed by atoms with Crippen molar-refractivity contribution in [1.29, 1.82) is 0 Å². The van der Waals surface area contributed by atoms with Crippen molar-refractivity contribution in [2.24, 2.45) is 0 Å². The molecule has 1 aliphatic heterocycles. The van der Waals surface area contributed by atoms with E-state index in [4.69, 9.17) is 5.11 Å². The first-order valence-corrected chi connectivity index (χ1v) is 4.92. The van der Waals surface area contributed by atoms with Gasteiger partial charge in [-0.15, -0.1) is 0 Å². The van der Waals surface area contributed by atoms with E-state index in [0.717, 1.165) is 26.1 Å². The first kappa shape index (κ1) is 9.49. The molecule has 0 unspecified atom stereocenters. The molecule has 1 saturated heterocycles. The number of benzene rings is 1. The fourth-order valence-electron chi connectivity index (χ4n) is 1.82. The van der Waals surface area contributed by atoms with Crippen LogP contribution in [0.4, 0.5) is 0 Å². The summed E-state index contributed by atoms with van der Waals surface area (Å²) in [7, 11) is 0. The number of β-amino-alcohol motifs (C(OH)–C–C–N with tert-alkyl or cyclic N) is 1. The maximum atomic E-state index is 9.34. The van der Waals surface area contributed by atoms with Crippen LogP contribution < -0.4 is 0 Å². The molecular weight excluding hydrogens is 178 g/mol. The number of phenolic OH excluding ortho intramolecular Hbond substituents is 1. The molecule has 1 aliphatic rings. The maximum Gasteiger partial charge on any atom is 0.115 e. The molecule has 1 fully saturated rings. The zero-order valence-corrected chi connectivity index (χ0v) is 8.06. The number of phenols is 1. The van der Waals surface area contributed by atoms with Crippen molar-refractivity contribution in [3.8, 4) is 5.75 Å². The molecule has 2 rings (SSSR count). The summed E-state index contributed by atoms with van der Waals surface area (Å²) in [5.74, 6) is 0.301. The third-order valence-electron chi connectivity index (χ3n) is 2.59. The standard InChI is InChI=1S/C11H15NO2/c13-10-3-1-9(2-4-10)7-12-6-5-11(14)8-12/h1-4,11,13-14H,5-8H2/t11-/m0/s1. The smallest absolute Gasteiger partial charge is 0.115 e. The van der Waals surface area contributed by atoms with Gasteiger partial charge in [-0.2, -0.15) is 0 Å². The highest BCUT2D eigenvalue weighted by Gasteiger charge is 2.19. The lowest BCUT2D eigenvalue weighted by molar-refractivity contribution is 0.175. The van der Waals surface area contributed by atoms with Gasteiger partial charge in [0, 0.05) is 19.6 Å². The number of hydrogen-bond donors (Lipinski definition) is 2. The molecule has 3 nitrogen and oxygen atoms in total. The fourth-order valence-corrected chi connectivity index (χ4v) is 1.82. The van der Waals surface area contributed by atoms with Crippen LogP contribution in [0.2, 0.25) is 0 Å². The molecule has 1 aromatic rings. The topological polar surface area (TPSA) is 43.7 Å². The third kappa shape index (κ3) is 2.25. The molecule has 0 radical (unpaired) electrons. The van der Waals surface area contributed by atoms with Gasteiger partial charge >= 0.3 is 0 Å². The van der Waals surface area contributed by atoms with Gasteiger partial charge in [-0.1, -0.05) is 12.1 Å². The number of aliphatic hydroxyl groups is 1. The molecule has 1 aromatic carbocycles. The van der Waals surface area contributed by atoms with E-state index in [-0.39, 0.29) is 6.10 Å². The molecular formula is C11H15NO2. The lowest BCUT2D eigenvalue weighted by Gasteiger charge is -2.14. The van der Waals surface area contributed by atoms with Crippen LogP contribution in [0.5, 0.6) is 5.75 Å². The van der Waals surface area contributed by atoms with Crippen LogP contribution in [0, 0.1) is 0 Å². The zero-order chi connectivity index (χ0) is 9.97. The molecule has 2 N–H and O–H groups in total. The lowest BCUT2D eigenvalue weighted by atomic mass is 10.2. The summed E-state index contributed by atoms with van der Waals surface area (Å²) in [6.07, 6.45) is 0.713. The van der Waals surface area contributed by atoms with Gasteiger partial charge in [0.1, 0.15) is 5.75 Å². The highest BCUT2D eigenvalue weighted by Crippen LogP contribution is 2.15. The highest BCUT2D eigenvalue weighted by atomic mass is 16.3. The van der Waals surface area contributed by atoms with Crippen molar-refractivity contribution in [3.05, 3.63) is 29.8 Å². The summed E-state index contributed by atoms with van der Waals surface area (Å²) in [4.78, 5) is 2.22. The monoisotopic (exact) mass is 193 g/mol. The van der Waals surface area contributed by atoms with Gasteiger partial charge in [0.05, 0.1) is 6.10 Å². The SMILES string of the molecule is Oc1ccc(CN2CC[C@H](O)C2)cc1. The number of aromatic hydroxyl groups is 1. The molecule has 0 saturated carbocycles. The van der Waals surface area contributed by atoms with Crippen LogP contribution in [0.1, 0.15) is 12.0 Å². The Kier molecular flexibility index (Phi) is 2.70. The quantitative estimate of drug-likeness (QED) is 0.735. The summed E-state index contributed by atoms with van der Waals surface area (Å²) in [6.45, 7) is 2.58. The van der Waals surface area contributed by atoms with E-state index < -0.39 is 0 Å². The first-order valence-electron chi connectivity index (χ1n) is 4.92. The summed E-state index contributed by atoms with van der Waals surface area (Å²) < 4.78 is 0. The second-order valence-corrected chi connectivity index (χ2v) is 3.84. The molecule has 0 amide bonds. The molecule has 1 atom stereocenters. The molecule has 3 heteroatoms. The Balaban J connectivity index is 1.94. The molecule has 0 spiro atoms. The average molecular weight is 193 g/mol. The number of nitrogens with zero attached hydrogens (tertiary/aromatic N) is 1. The minimum Gasteiger partial charge on any atom is -0.508 e. The van der Waals surface area contributed by atoms with E-state index in [1.165, 1.54) is 5.56 Å². The Morgan fingerprint density at radius 1 is 1.29 bits per heavy atom. The van der Waals surface area contributed by atoms with Crippen LogP contribution in [0.15, 0.2) is 24.3 Å². The minimum atomic E-state index is -0.160. The number of aliphatic hydroxyl groups excluding tert-OH is 1. The Hall–Kier alpha value is -1.06. The van der Waals surface area contributed by atoms with Crippen LogP contribution in [-0.2, 0) is 6.54 Å². The van der Waals surface area contributed by atoms with Gasteiger partial charge in [-0.25, -0.2) is 0 Å². The third-order valence-corrected chi connectivity index (χ3v) is 2.59. The number of likely N-dealkylation sites (tertiary alicyclic amines) is 1. The van der Waals surface area contributed by atoms with Crippen LogP contribution in [0.3, 0.4) is 0 Å². The van der Waals surface area contributed by atoms with Crippen LogP contribution >= 0.6 is 0 Å². The van der Waals surface area contributed by atoms with Gasteiger partial charge in [0.2, 0.25) is 0 Å². The molecule has 76 valence electrons. The van der Waals surface area contributed by atoms with Gasteiger partial charge in [-0.05, 0) is 24.1 Å². The highest BCUT2D eigenvalue weighted by molar-refractivity contribution is 5.25. The minimum absolute atomic E-state index is 0.160. The van der Waals surface area contributed by atoms with Crippen molar-refractivity contribution in [2.75, 3.05) is 13.1 Å². The van der Waals surface area contributed by atoms with E-state index >= 15 is 0 Å². The summed E-state index contributed by atoms with van der Waals surface area (Å²) in [6, 6.07) is 7.23. The summed E-state index contributed by atoms with van der Waals surface area (Å²) >= 11 is 0. The maximum absolute atomic E-state index is 9.34. The van der Waals surface area contributed by atoms with Gasteiger partial charge in [-0.3, -0.25) is 4.90 Å². The Morgan fingerprint density at radius 2 is 2.00 bits per heavy atom. The molecule has 0 aliphatic carbocycles. The fraction of sp³-hybridized carbons (Fsp3) is 0.455. The van der Waals surface area contributed by atoms with Crippen molar-refractivity contribution < 1.29 is 10.2 Å². The Labute approximate surface area is 83.6 Å². The second-order valence-electron chi connectivity index (χ2n) is 3.84. The molecule has 0 aromatic heterocycles. The predicted molar refractivity (Wildman–Crippen MR) is 54.0 cm³/mol. The predicted octanol–water partition coefficient (Wildman–Crippen LogP) is 0.959. The Morgan fingerprint density at radius 3 is 2.57 bits per heavy atom. The van der Waals surface area contributed by atoms with E-state index in [9.17, 15) is 5.11 Å². The van der Waals surface area contributed by atoms with E-state index in [2.05, 4.69) is 4.90 Å². The van der Waals surface area contributed by atoms with Crippen molar-refractivity contribution >= 4 is 0 Å². The van der Waals surface area contributed by atoms with Crippen molar-refractivity contribution in [2.45, 2.75) is 19.1 Å². The molecule has 14 heavy (non-hydrogen) atoms. The lowest BCUT2D eigenvalue weighted by Crippen LogP contribution is -2.21. The molecule has 1 heterocycles. The van der Waals surface area contributed by atoms with Gasteiger partial charge in [0.15, 0.2) is 0 Å². The summed E-state index contributed by atoms with van der Waals surface area (Å²) in [5, 5.41) is 18.4. The van der Waals surface area contributed by atoms with Crippen LogP contribution in [-0.4, -0.2) is 34.3 Å². The number of hydrogen-bond acceptors (Lipinski definition) is 3. The normalized spacial score (nSPS) is 22.8. The first-order chi connectivity index (χ1) is 6.74. The largest absolute Gasteiger partial charge is 0.508 e. The average Bonchev–Trinajstić information content (AvgIpc) is 2.56. The second kappa shape index (κ2) is 3.98.